The number of rotatable bonds is 6. The van der Waals surface area contributed by atoms with Gasteiger partial charge in [-0.25, -0.2) is 0 Å². The van der Waals surface area contributed by atoms with Gasteiger partial charge in [-0.2, -0.15) is 0 Å². The van der Waals surface area contributed by atoms with Gasteiger partial charge in [0.25, 0.3) is 0 Å². The Bertz CT molecular complexity index is 297. The van der Waals surface area contributed by atoms with Crippen molar-refractivity contribution in [3.05, 3.63) is 35.4 Å². The number of nitrogens with zero attached hydrogens (tertiary/aromatic N) is 1. The van der Waals surface area contributed by atoms with Gasteiger partial charge >= 0.3 is 0 Å². The van der Waals surface area contributed by atoms with E-state index < -0.39 is 0 Å². The van der Waals surface area contributed by atoms with Crippen molar-refractivity contribution in [1.82, 2.24) is 4.90 Å². The smallest absolute Gasteiger partial charge is 0.0587 e. The lowest BCUT2D eigenvalue weighted by Crippen LogP contribution is -2.35. The van der Waals surface area contributed by atoms with Gasteiger partial charge in [0, 0.05) is 19.2 Å². The van der Waals surface area contributed by atoms with E-state index in [9.17, 15) is 5.11 Å². The molecule has 2 N–H and O–H groups in total. The van der Waals surface area contributed by atoms with E-state index in [4.69, 9.17) is 5.11 Å². The summed E-state index contributed by atoms with van der Waals surface area (Å²) in [7, 11) is 1.97. The third-order valence-corrected chi connectivity index (χ3v) is 2.85. The van der Waals surface area contributed by atoms with Crippen LogP contribution in [0.15, 0.2) is 24.3 Å². The van der Waals surface area contributed by atoms with E-state index in [1.165, 1.54) is 11.1 Å². The van der Waals surface area contributed by atoms with Crippen molar-refractivity contribution in [2.24, 2.45) is 0 Å². The molecule has 0 saturated carbocycles. The van der Waals surface area contributed by atoms with Gasteiger partial charge in [-0.3, -0.25) is 4.90 Å². The van der Waals surface area contributed by atoms with E-state index in [-0.39, 0.29) is 19.3 Å². The molecule has 16 heavy (non-hydrogen) atoms. The second kappa shape index (κ2) is 6.63. The van der Waals surface area contributed by atoms with Gasteiger partial charge in [0.2, 0.25) is 0 Å². The molecule has 0 aliphatic heterocycles. The quantitative estimate of drug-likeness (QED) is 0.761. The van der Waals surface area contributed by atoms with E-state index >= 15 is 0 Å². The van der Waals surface area contributed by atoms with Gasteiger partial charge in [-0.1, -0.05) is 29.8 Å². The minimum Gasteiger partial charge on any atom is -0.396 e. The Morgan fingerprint density at radius 3 is 2.31 bits per heavy atom. The van der Waals surface area contributed by atoms with Crippen LogP contribution in [0.1, 0.15) is 17.5 Å². The molecule has 0 heterocycles. The zero-order valence-electron chi connectivity index (χ0n) is 10.1. The van der Waals surface area contributed by atoms with Crippen molar-refractivity contribution < 1.29 is 10.2 Å². The van der Waals surface area contributed by atoms with Crippen LogP contribution in [-0.2, 0) is 6.54 Å². The van der Waals surface area contributed by atoms with E-state index in [2.05, 4.69) is 36.1 Å². The SMILES string of the molecule is Cc1ccc(CN(C)C(CO)CCO)cc1. The third-order valence-electron chi connectivity index (χ3n) is 2.85. The molecule has 0 aromatic heterocycles. The number of aliphatic hydroxyl groups excluding tert-OH is 2. The van der Waals surface area contributed by atoms with Crippen LogP contribution in [0.3, 0.4) is 0 Å². The molecule has 1 aromatic carbocycles. The fraction of sp³-hybridized carbons (Fsp3) is 0.538. The van der Waals surface area contributed by atoms with Crippen LogP contribution < -0.4 is 0 Å². The molecule has 3 heteroatoms. The normalized spacial score (nSPS) is 13.1. The highest BCUT2D eigenvalue weighted by Gasteiger charge is 2.12. The molecule has 1 atom stereocenters. The van der Waals surface area contributed by atoms with Crippen molar-refractivity contribution in [2.75, 3.05) is 20.3 Å². The largest absolute Gasteiger partial charge is 0.396 e. The van der Waals surface area contributed by atoms with Gasteiger partial charge < -0.3 is 10.2 Å². The second-order valence-corrected chi connectivity index (χ2v) is 4.25. The van der Waals surface area contributed by atoms with Gasteiger partial charge in [0.15, 0.2) is 0 Å². The lowest BCUT2D eigenvalue weighted by molar-refractivity contribution is 0.115. The van der Waals surface area contributed by atoms with Crippen molar-refractivity contribution in [3.8, 4) is 0 Å². The maximum Gasteiger partial charge on any atom is 0.0587 e. The molecule has 0 aliphatic carbocycles. The summed E-state index contributed by atoms with van der Waals surface area (Å²) in [6, 6.07) is 8.40. The van der Waals surface area contributed by atoms with Gasteiger partial charge in [-0.05, 0) is 26.0 Å². The summed E-state index contributed by atoms with van der Waals surface area (Å²) in [6.45, 7) is 3.06. The first-order chi connectivity index (χ1) is 7.67. The van der Waals surface area contributed by atoms with Gasteiger partial charge in [0.1, 0.15) is 0 Å². The van der Waals surface area contributed by atoms with Crippen LogP contribution >= 0.6 is 0 Å². The van der Waals surface area contributed by atoms with Crippen LogP contribution in [0.5, 0.6) is 0 Å². The monoisotopic (exact) mass is 223 g/mol. The molecule has 0 aliphatic rings. The maximum absolute atomic E-state index is 9.20. The lowest BCUT2D eigenvalue weighted by Gasteiger charge is -2.25. The van der Waals surface area contributed by atoms with Crippen molar-refractivity contribution in [2.45, 2.75) is 25.9 Å². The molecule has 90 valence electrons. The van der Waals surface area contributed by atoms with E-state index in [1.807, 2.05) is 7.05 Å². The summed E-state index contributed by atoms with van der Waals surface area (Å²) in [5.41, 5.74) is 2.48. The fourth-order valence-electron chi connectivity index (χ4n) is 1.71. The fourth-order valence-corrected chi connectivity index (χ4v) is 1.71. The Morgan fingerprint density at radius 1 is 1.19 bits per heavy atom. The Morgan fingerprint density at radius 2 is 1.81 bits per heavy atom. The zero-order chi connectivity index (χ0) is 12.0. The molecule has 0 spiro atoms. The Hall–Kier alpha value is -0.900. The minimum absolute atomic E-state index is 0.0336. The molecule has 0 amide bonds. The van der Waals surface area contributed by atoms with E-state index in [1.54, 1.807) is 0 Å². The molecule has 1 unspecified atom stereocenters. The first kappa shape index (κ1) is 13.2. The topological polar surface area (TPSA) is 43.7 Å². The lowest BCUT2D eigenvalue weighted by atomic mass is 10.1. The zero-order valence-corrected chi connectivity index (χ0v) is 10.1. The second-order valence-electron chi connectivity index (χ2n) is 4.25. The first-order valence-electron chi connectivity index (χ1n) is 5.65. The molecular formula is C13H21NO2. The van der Waals surface area contributed by atoms with Crippen LogP contribution in [0.2, 0.25) is 0 Å². The van der Waals surface area contributed by atoms with Gasteiger partial charge in [-0.15, -0.1) is 0 Å². The Labute approximate surface area is 97.3 Å². The number of likely N-dealkylation sites (N-methyl/N-ethyl adjacent to an activating group) is 1. The molecule has 1 aromatic rings. The average Bonchev–Trinajstić information content (AvgIpc) is 2.29. The molecule has 0 fully saturated rings. The standard InChI is InChI=1S/C13H21NO2/c1-11-3-5-12(6-4-11)9-14(2)13(10-16)7-8-15/h3-6,13,15-16H,7-10H2,1-2H3. The predicted octanol–water partition coefficient (Wildman–Crippen LogP) is 1.17. The predicted molar refractivity (Wildman–Crippen MR) is 65.2 cm³/mol. The number of aliphatic hydroxyl groups is 2. The third kappa shape index (κ3) is 3.93. The Kier molecular flexibility index (Phi) is 5.46. The Balaban J connectivity index is 2.55. The summed E-state index contributed by atoms with van der Waals surface area (Å²) < 4.78 is 0. The molecule has 0 radical (unpaired) electrons. The summed E-state index contributed by atoms with van der Waals surface area (Å²) >= 11 is 0. The molecule has 1 rings (SSSR count). The first-order valence-corrected chi connectivity index (χ1v) is 5.65. The number of hydrogen-bond donors (Lipinski definition) is 2. The number of aryl methyl sites for hydroxylation is 1. The molecule has 0 bridgehead atoms. The average molecular weight is 223 g/mol. The number of hydrogen-bond acceptors (Lipinski definition) is 3. The van der Waals surface area contributed by atoms with Crippen molar-refractivity contribution in [1.29, 1.82) is 0 Å². The molecular weight excluding hydrogens is 202 g/mol. The summed E-state index contributed by atoms with van der Waals surface area (Å²) in [6.07, 6.45) is 0.610. The molecule has 0 saturated heterocycles. The highest BCUT2D eigenvalue weighted by atomic mass is 16.3. The maximum atomic E-state index is 9.20. The van der Waals surface area contributed by atoms with E-state index in [0.717, 1.165) is 6.54 Å². The summed E-state index contributed by atoms with van der Waals surface area (Å²) in [4.78, 5) is 2.07. The summed E-state index contributed by atoms with van der Waals surface area (Å²) in [5, 5.41) is 18.1. The van der Waals surface area contributed by atoms with Crippen LogP contribution in [-0.4, -0.2) is 41.4 Å². The van der Waals surface area contributed by atoms with Crippen molar-refractivity contribution >= 4 is 0 Å². The highest BCUT2D eigenvalue weighted by Crippen LogP contribution is 2.09. The summed E-state index contributed by atoms with van der Waals surface area (Å²) in [5.74, 6) is 0. The highest BCUT2D eigenvalue weighted by molar-refractivity contribution is 5.21. The van der Waals surface area contributed by atoms with Crippen molar-refractivity contribution in [3.63, 3.8) is 0 Å². The molecule has 3 nitrogen and oxygen atoms in total. The number of benzene rings is 1. The van der Waals surface area contributed by atoms with E-state index in [0.29, 0.717) is 6.42 Å². The van der Waals surface area contributed by atoms with Crippen LogP contribution in [0.25, 0.3) is 0 Å². The van der Waals surface area contributed by atoms with Gasteiger partial charge in [0.05, 0.1) is 6.61 Å². The minimum atomic E-state index is 0.0336. The van der Waals surface area contributed by atoms with Crippen LogP contribution in [0.4, 0.5) is 0 Å². The van der Waals surface area contributed by atoms with Crippen LogP contribution in [0, 0.1) is 6.92 Å².